The van der Waals surface area contributed by atoms with Crippen LogP contribution in [0.1, 0.15) is 24.5 Å². The van der Waals surface area contributed by atoms with Gasteiger partial charge in [0.05, 0.1) is 6.61 Å². The van der Waals surface area contributed by atoms with Gasteiger partial charge >= 0.3 is 0 Å². The molecule has 1 aliphatic carbocycles. The molecule has 80 valence electrons. The maximum absolute atomic E-state index is 9.18. The van der Waals surface area contributed by atoms with E-state index < -0.39 is 0 Å². The lowest BCUT2D eigenvalue weighted by molar-refractivity contribution is -0.128. The predicted molar refractivity (Wildman–Crippen MR) is 61.5 cm³/mol. The largest absolute Gasteiger partial charge is 0.468 e. The Morgan fingerprint density at radius 2 is 2.20 bits per heavy atom. The minimum Gasteiger partial charge on any atom is -0.468 e. The maximum Gasteiger partial charge on any atom is 0.293 e. The first-order valence-electron chi connectivity index (χ1n) is 5.18. The summed E-state index contributed by atoms with van der Waals surface area (Å²) in [5.74, 6) is 0. The number of allylic oxidation sites excluding steroid dienone is 1. The average molecular weight is 204 g/mol. The summed E-state index contributed by atoms with van der Waals surface area (Å²) in [5.41, 5.74) is 2.89. The normalized spacial score (nSPS) is 12.1. The predicted octanol–water partition coefficient (Wildman–Crippen LogP) is 2.83. The molecular formula is C13H16O2. The minimum absolute atomic E-state index is 0.431. The monoisotopic (exact) mass is 204 g/mol. The lowest BCUT2D eigenvalue weighted by atomic mass is 9.98. The van der Waals surface area contributed by atoms with Gasteiger partial charge in [-0.1, -0.05) is 36.4 Å². The molecule has 0 amide bonds. The molecule has 15 heavy (non-hydrogen) atoms. The molecule has 1 aliphatic rings. The molecule has 0 saturated heterocycles. The highest BCUT2D eigenvalue weighted by molar-refractivity contribution is 5.55. The second-order valence-corrected chi connectivity index (χ2v) is 3.19. The minimum atomic E-state index is 0.431. The molecule has 0 heterocycles. The molecule has 0 aromatic heterocycles. The Kier molecular flexibility index (Phi) is 5.23. The summed E-state index contributed by atoms with van der Waals surface area (Å²) in [6.07, 6.45) is 6.87. The summed E-state index contributed by atoms with van der Waals surface area (Å²) in [5, 5.41) is 0. The molecule has 1 aromatic carbocycles. The summed E-state index contributed by atoms with van der Waals surface area (Å²) >= 11 is 0. The van der Waals surface area contributed by atoms with Gasteiger partial charge in [0.1, 0.15) is 0 Å². The first kappa shape index (κ1) is 11.5. The second kappa shape index (κ2) is 6.82. The molecule has 0 fully saturated rings. The van der Waals surface area contributed by atoms with E-state index >= 15 is 0 Å². The van der Waals surface area contributed by atoms with E-state index in [4.69, 9.17) is 0 Å². The van der Waals surface area contributed by atoms with Gasteiger partial charge in [0.15, 0.2) is 0 Å². The van der Waals surface area contributed by atoms with Gasteiger partial charge in [0, 0.05) is 0 Å². The summed E-state index contributed by atoms with van der Waals surface area (Å²) < 4.78 is 4.15. The third-order valence-corrected chi connectivity index (χ3v) is 2.17. The van der Waals surface area contributed by atoms with E-state index in [-0.39, 0.29) is 0 Å². The molecule has 0 unspecified atom stereocenters. The summed E-state index contributed by atoms with van der Waals surface area (Å²) in [4.78, 5) is 9.18. The van der Waals surface area contributed by atoms with Crippen molar-refractivity contribution in [2.45, 2.75) is 19.8 Å². The fraction of sp³-hybridized carbons (Fsp3) is 0.308. The van der Waals surface area contributed by atoms with Crippen molar-refractivity contribution in [3.8, 4) is 0 Å². The molecule has 0 bridgehead atoms. The number of ether oxygens (including phenoxy) is 1. The van der Waals surface area contributed by atoms with Crippen LogP contribution in [0.2, 0.25) is 0 Å². The molecule has 2 heteroatoms. The van der Waals surface area contributed by atoms with Gasteiger partial charge in [-0.15, -0.1) is 0 Å². The van der Waals surface area contributed by atoms with Crippen LogP contribution in [0.25, 0.3) is 6.08 Å². The Morgan fingerprint density at radius 1 is 1.40 bits per heavy atom. The second-order valence-electron chi connectivity index (χ2n) is 3.19. The molecule has 2 rings (SSSR count). The van der Waals surface area contributed by atoms with Crippen LogP contribution in [0, 0.1) is 0 Å². The van der Waals surface area contributed by atoms with E-state index in [1.807, 2.05) is 0 Å². The molecule has 1 aromatic rings. The highest BCUT2D eigenvalue weighted by atomic mass is 16.5. The molecule has 0 N–H and O–H groups in total. The number of carbonyl (C=O) groups excluding carboxylic acids is 1. The van der Waals surface area contributed by atoms with Gasteiger partial charge in [0.2, 0.25) is 0 Å². The Hall–Kier alpha value is -1.57. The van der Waals surface area contributed by atoms with Gasteiger partial charge in [0.25, 0.3) is 6.47 Å². The zero-order chi connectivity index (χ0) is 10.9. The topological polar surface area (TPSA) is 26.3 Å². The van der Waals surface area contributed by atoms with Crippen molar-refractivity contribution < 1.29 is 9.53 Å². The first-order chi connectivity index (χ1) is 7.38. The molecule has 0 radical (unpaired) electrons. The Labute approximate surface area is 90.6 Å². The van der Waals surface area contributed by atoms with Crippen LogP contribution in [-0.2, 0) is 16.0 Å². The van der Waals surface area contributed by atoms with Crippen LogP contribution in [-0.4, -0.2) is 13.1 Å². The van der Waals surface area contributed by atoms with Crippen molar-refractivity contribution in [1.29, 1.82) is 0 Å². The summed E-state index contributed by atoms with van der Waals surface area (Å²) in [6, 6.07) is 8.58. The lowest BCUT2D eigenvalue weighted by Gasteiger charge is -2.07. The third-order valence-electron chi connectivity index (χ3n) is 2.17. The van der Waals surface area contributed by atoms with E-state index in [9.17, 15) is 4.79 Å². The number of aryl methyl sites for hydroxylation is 1. The first-order valence-corrected chi connectivity index (χ1v) is 5.18. The van der Waals surface area contributed by atoms with Gasteiger partial charge in [-0.05, 0) is 30.9 Å². The van der Waals surface area contributed by atoms with E-state index in [1.165, 1.54) is 24.0 Å². The molecule has 0 atom stereocenters. The van der Waals surface area contributed by atoms with Crippen LogP contribution >= 0.6 is 0 Å². The summed E-state index contributed by atoms with van der Waals surface area (Å²) in [7, 11) is 0. The number of fused-ring (bicyclic) bond motifs is 1. The SMILES string of the molecule is C1=Cc2ccccc2CC1.CCOC=O. The van der Waals surface area contributed by atoms with Gasteiger partial charge < -0.3 is 4.74 Å². The number of hydrogen-bond acceptors (Lipinski definition) is 2. The zero-order valence-corrected chi connectivity index (χ0v) is 8.98. The number of hydrogen-bond donors (Lipinski definition) is 0. The van der Waals surface area contributed by atoms with Gasteiger partial charge in [-0.2, -0.15) is 0 Å². The number of rotatable bonds is 2. The molecular weight excluding hydrogens is 188 g/mol. The van der Waals surface area contributed by atoms with Crippen LogP contribution in [0.4, 0.5) is 0 Å². The van der Waals surface area contributed by atoms with Gasteiger partial charge in [-0.25, -0.2) is 0 Å². The fourth-order valence-corrected chi connectivity index (χ4v) is 1.44. The standard InChI is InChI=1S/C10H10.C3H6O2/c1-2-6-10-8-4-3-7-9(10)5-1;1-2-5-3-4/h1-3,5-7H,4,8H2;3H,2H2,1H3. The van der Waals surface area contributed by atoms with Crippen molar-refractivity contribution in [2.75, 3.05) is 6.61 Å². The maximum atomic E-state index is 9.18. The molecule has 0 saturated carbocycles. The highest BCUT2D eigenvalue weighted by Crippen LogP contribution is 2.17. The van der Waals surface area contributed by atoms with Crippen molar-refractivity contribution >= 4 is 12.5 Å². The van der Waals surface area contributed by atoms with Gasteiger partial charge in [-0.3, -0.25) is 4.79 Å². The van der Waals surface area contributed by atoms with E-state index in [0.717, 1.165) is 0 Å². The lowest BCUT2D eigenvalue weighted by Crippen LogP contribution is -1.91. The Balaban J connectivity index is 0.000000195. The highest BCUT2D eigenvalue weighted by Gasteiger charge is 2.00. The quantitative estimate of drug-likeness (QED) is 0.692. The zero-order valence-electron chi connectivity index (χ0n) is 8.98. The van der Waals surface area contributed by atoms with E-state index in [0.29, 0.717) is 13.1 Å². The molecule has 2 nitrogen and oxygen atoms in total. The van der Waals surface area contributed by atoms with Crippen molar-refractivity contribution in [1.82, 2.24) is 0 Å². The average Bonchev–Trinajstić information content (AvgIpc) is 2.31. The van der Waals surface area contributed by atoms with Crippen LogP contribution in [0.3, 0.4) is 0 Å². The summed E-state index contributed by atoms with van der Waals surface area (Å²) in [6.45, 7) is 2.66. The Morgan fingerprint density at radius 3 is 2.80 bits per heavy atom. The Bertz CT molecular complexity index is 329. The van der Waals surface area contributed by atoms with E-state index in [2.05, 4.69) is 41.2 Å². The van der Waals surface area contributed by atoms with E-state index in [1.54, 1.807) is 6.92 Å². The fourth-order valence-electron chi connectivity index (χ4n) is 1.44. The number of carbonyl (C=O) groups is 1. The molecule has 0 aliphatic heterocycles. The van der Waals surface area contributed by atoms with Crippen molar-refractivity contribution in [3.05, 3.63) is 41.5 Å². The number of benzene rings is 1. The van der Waals surface area contributed by atoms with Crippen LogP contribution < -0.4 is 0 Å². The van der Waals surface area contributed by atoms with Crippen molar-refractivity contribution in [2.24, 2.45) is 0 Å². The van der Waals surface area contributed by atoms with Crippen LogP contribution in [0.15, 0.2) is 30.3 Å². The molecule has 0 spiro atoms. The third kappa shape index (κ3) is 3.98. The van der Waals surface area contributed by atoms with Crippen molar-refractivity contribution in [3.63, 3.8) is 0 Å². The van der Waals surface area contributed by atoms with Crippen LogP contribution in [0.5, 0.6) is 0 Å². The smallest absolute Gasteiger partial charge is 0.293 e.